The molecule has 0 aliphatic carbocycles. The smallest absolute Gasteiger partial charge is 0.123 e. The van der Waals surface area contributed by atoms with Crippen molar-refractivity contribution >= 4 is 0 Å². The lowest BCUT2D eigenvalue weighted by Crippen LogP contribution is -2.40. The van der Waals surface area contributed by atoms with E-state index in [0.717, 1.165) is 18.4 Å². The molecule has 0 aliphatic rings. The van der Waals surface area contributed by atoms with Crippen LogP contribution in [-0.2, 0) is 12.8 Å². The van der Waals surface area contributed by atoms with Crippen LogP contribution >= 0.6 is 0 Å². The van der Waals surface area contributed by atoms with Gasteiger partial charge < -0.3 is 5.73 Å². The van der Waals surface area contributed by atoms with E-state index in [1.807, 2.05) is 19.1 Å². The first-order chi connectivity index (χ1) is 9.85. The van der Waals surface area contributed by atoms with Gasteiger partial charge in [-0.2, -0.15) is 0 Å². The molecule has 0 bridgehead atoms. The van der Waals surface area contributed by atoms with E-state index in [1.54, 1.807) is 0 Å². The Morgan fingerprint density at radius 3 is 1.76 bits per heavy atom. The van der Waals surface area contributed by atoms with Crippen LogP contribution in [0.4, 0.5) is 4.39 Å². The number of benzene rings is 2. The Morgan fingerprint density at radius 1 is 0.905 bits per heavy atom. The second kappa shape index (κ2) is 6.40. The SMILES string of the molecule is CC(C)c1ccc(CC(C)(N)Cc2ccc(F)cc2)cc1. The van der Waals surface area contributed by atoms with Crippen molar-refractivity contribution < 1.29 is 4.39 Å². The van der Waals surface area contributed by atoms with Crippen LogP contribution in [-0.4, -0.2) is 5.54 Å². The fourth-order valence-electron chi connectivity index (χ4n) is 2.62. The molecule has 0 spiro atoms. The minimum absolute atomic E-state index is 0.207. The highest BCUT2D eigenvalue weighted by atomic mass is 19.1. The molecule has 2 N–H and O–H groups in total. The van der Waals surface area contributed by atoms with E-state index in [2.05, 4.69) is 38.1 Å². The molecular weight excluding hydrogens is 261 g/mol. The third kappa shape index (κ3) is 4.68. The monoisotopic (exact) mass is 285 g/mol. The molecule has 2 aromatic rings. The van der Waals surface area contributed by atoms with E-state index >= 15 is 0 Å². The number of halogens is 1. The van der Waals surface area contributed by atoms with Crippen molar-refractivity contribution in [2.75, 3.05) is 0 Å². The average Bonchev–Trinajstić information content (AvgIpc) is 2.41. The first-order valence-electron chi connectivity index (χ1n) is 7.48. The Hall–Kier alpha value is -1.67. The Morgan fingerprint density at radius 2 is 1.33 bits per heavy atom. The van der Waals surface area contributed by atoms with Gasteiger partial charge in [0.25, 0.3) is 0 Å². The fourth-order valence-corrected chi connectivity index (χ4v) is 2.62. The van der Waals surface area contributed by atoms with Gasteiger partial charge in [0.05, 0.1) is 0 Å². The Bertz CT molecular complexity index is 568. The number of nitrogens with two attached hydrogens (primary N) is 1. The van der Waals surface area contributed by atoms with Crippen LogP contribution in [0, 0.1) is 5.82 Å². The Labute approximate surface area is 127 Å². The summed E-state index contributed by atoms with van der Waals surface area (Å²) < 4.78 is 12.9. The lowest BCUT2D eigenvalue weighted by atomic mass is 9.87. The van der Waals surface area contributed by atoms with Crippen molar-refractivity contribution in [3.05, 3.63) is 71.0 Å². The summed E-state index contributed by atoms with van der Waals surface area (Å²) in [6.07, 6.45) is 1.54. The lowest BCUT2D eigenvalue weighted by molar-refractivity contribution is 0.462. The molecule has 0 saturated carbocycles. The van der Waals surface area contributed by atoms with Crippen LogP contribution in [0.25, 0.3) is 0 Å². The molecule has 0 saturated heterocycles. The van der Waals surface area contributed by atoms with Crippen LogP contribution in [0.1, 0.15) is 43.4 Å². The van der Waals surface area contributed by atoms with Gasteiger partial charge in [-0.3, -0.25) is 0 Å². The summed E-state index contributed by atoms with van der Waals surface area (Å²) in [5.41, 5.74) is 9.74. The highest BCUT2D eigenvalue weighted by Gasteiger charge is 2.19. The van der Waals surface area contributed by atoms with Crippen molar-refractivity contribution in [1.29, 1.82) is 0 Å². The molecule has 0 radical (unpaired) electrons. The maximum absolute atomic E-state index is 12.9. The highest BCUT2D eigenvalue weighted by Crippen LogP contribution is 2.20. The highest BCUT2D eigenvalue weighted by molar-refractivity contribution is 5.27. The predicted molar refractivity (Wildman–Crippen MR) is 86.9 cm³/mol. The van der Waals surface area contributed by atoms with Crippen molar-refractivity contribution in [2.45, 2.75) is 45.1 Å². The number of hydrogen-bond acceptors (Lipinski definition) is 1. The van der Waals surface area contributed by atoms with Gasteiger partial charge in [0, 0.05) is 5.54 Å². The van der Waals surface area contributed by atoms with Crippen molar-refractivity contribution in [3.8, 4) is 0 Å². The third-order valence-corrected chi connectivity index (χ3v) is 3.78. The maximum Gasteiger partial charge on any atom is 0.123 e. The maximum atomic E-state index is 12.9. The average molecular weight is 285 g/mol. The molecule has 0 fully saturated rings. The van der Waals surface area contributed by atoms with Gasteiger partial charge in [-0.05, 0) is 54.5 Å². The van der Waals surface area contributed by atoms with Crippen LogP contribution < -0.4 is 5.73 Å². The van der Waals surface area contributed by atoms with E-state index in [1.165, 1.54) is 23.3 Å². The Balaban J connectivity index is 2.04. The molecule has 2 heteroatoms. The Kier molecular flexibility index (Phi) is 4.79. The summed E-state index contributed by atoms with van der Waals surface area (Å²) >= 11 is 0. The van der Waals surface area contributed by atoms with E-state index < -0.39 is 0 Å². The molecular formula is C19H24FN. The van der Waals surface area contributed by atoms with E-state index in [0.29, 0.717) is 5.92 Å². The molecule has 0 amide bonds. The fraction of sp³-hybridized carbons (Fsp3) is 0.368. The topological polar surface area (TPSA) is 26.0 Å². The van der Waals surface area contributed by atoms with Crippen LogP contribution in [0.5, 0.6) is 0 Å². The molecule has 21 heavy (non-hydrogen) atoms. The minimum Gasteiger partial charge on any atom is -0.325 e. The summed E-state index contributed by atoms with van der Waals surface area (Å²) in [7, 11) is 0. The van der Waals surface area contributed by atoms with Gasteiger partial charge in [0.2, 0.25) is 0 Å². The molecule has 0 aliphatic heterocycles. The third-order valence-electron chi connectivity index (χ3n) is 3.78. The van der Waals surface area contributed by atoms with Gasteiger partial charge in [0.15, 0.2) is 0 Å². The molecule has 1 nitrogen and oxygen atoms in total. The normalized spacial score (nSPS) is 14.2. The minimum atomic E-state index is -0.336. The molecule has 0 heterocycles. The summed E-state index contributed by atoms with van der Waals surface area (Å²) in [6.45, 7) is 6.43. The van der Waals surface area contributed by atoms with E-state index in [9.17, 15) is 4.39 Å². The van der Waals surface area contributed by atoms with Crippen molar-refractivity contribution in [2.24, 2.45) is 5.73 Å². The molecule has 1 unspecified atom stereocenters. The second-order valence-corrected chi connectivity index (χ2v) is 6.53. The number of hydrogen-bond donors (Lipinski definition) is 1. The molecule has 1 atom stereocenters. The van der Waals surface area contributed by atoms with Gasteiger partial charge in [0.1, 0.15) is 5.82 Å². The zero-order valence-corrected chi connectivity index (χ0v) is 13.1. The first kappa shape index (κ1) is 15.7. The molecule has 0 aromatic heterocycles. The lowest BCUT2D eigenvalue weighted by Gasteiger charge is -2.25. The van der Waals surface area contributed by atoms with Gasteiger partial charge in [-0.1, -0.05) is 50.2 Å². The van der Waals surface area contributed by atoms with E-state index in [-0.39, 0.29) is 11.4 Å². The van der Waals surface area contributed by atoms with Gasteiger partial charge >= 0.3 is 0 Å². The predicted octanol–water partition coefficient (Wildman–Crippen LogP) is 4.45. The molecule has 2 aromatic carbocycles. The summed E-state index contributed by atoms with van der Waals surface area (Å²) in [5.74, 6) is 0.337. The largest absolute Gasteiger partial charge is 0.325 e. The second-order valence-electron chi connectivity index (χ2n) is 6.53. The van der Waals surface area contributed by atoms with Gasteiger partial charge in [-0.15, -0.1) is 0 Å². The first-order valence-corrected chi connectivity index (χ1v) is 7.48. The molecule has 2 rings (SSSR count). The summed E-state index contributed by atoms with van der Waals surface area (Å²) in [6, 6.07) is 15.3. The zero-order valence-electron chi connectivity index (χ0n) is 13.1. The standard InChI is InChI=1S/C19H24FN/c1-14(2)17-8-4-15(5-9-17)12-19(3,21)13-16-6-10-18(20)11-7-16/h4-11,14H,12-13,21H2,1-3H3. The van der Waals surface area contributed by atoms with Crippen LogP contribution in [0.15, 0.2) is 48.5 Å². The zero-order chi connectivity index (χ0) is 15.5. The quantitative estimate of drug-likeness (QED) is 0.863. The summed E-state index contributed by atoms with van der Waals surface area (Å²) in [4.78, 5) is 0. The van der Waals surface area contributed by atoms with Crippen LogP contribution in [0.2, 0.25) is 0 Å². The van der Waals surface area contributed by atoms with Crippen molar-refractivity contribution in [1.82, 2.24) is 0 Å². The van der Waals surface area contributed by atoms with Crippen molar-refractivity contribution in [3.63, 3.8) is 0 Å². The number of rotatable bonds is 5. The molecule has 112 valence electrons. The van der Waals surface area contributed by atoms with Crippen LogP contribution in [0.3, 0.4) is 0 Å². The van der Waals surface area contributed by atoms with E-state index in [4.69, 9.17) is 5.73 Å². The van der Waals surface area contributed by atoms with Gasteiger partial charge in [-0.25, -0.2) is 4.39 Å². The summed E-state index contributed by atoms with van der Waals surface area (Å²) in [5, 5.41) is 0.